The summed E-state index contributed by atoms with van der Waals surface area (Å²) < 4.78 is 0.314. The Hall–Kier alpha value is -0.330. The van der Waals surface area contributed by atoms with Crippen LogP contribution in [0.2, 0.25) is 0 Å². The molecule has 0 saturated carbocycles. The number of hydrogen-bond acceptors (Lipinski definition) is 2. The molecule has 9 heavy (non-hydrogen) atoms. The molecule has 4 nitrogen and oxygen atoms in total. The lowest BCUT2D eigenvalue weighted by molar-refractivity contribution is -0.126. The van der Waals surface area contributed by atoms with Crippen LogP contribution in [0.3, 0.4) is 0 Å². The molecule has 0 bridgehead atoms. The Morgan fingerprint density at radius 1 is 1.67 bits per heavy atom. The SMILES string of the molecule is CC(=O)[N]NC(=O)CI. The predicted octanol–water partition coefficient (Wildman–Crippen LogP) is -0.397. The van der Waals surface area contributed by atoms with Gasteiger partial charge in [0.25, 0.3) is 5.91 Å². The average Bonchev–Trinajstić information content (AvgIpc) is 1.83. The summed E-state index contributed by atoms with van der Waals surface area (Å²) in [7, 11) is 0. The Kier molecular flexibility index (Phi) is 4.37. The van der Waals surface area contributed by atoms with Crippen molar-refractivity contribution in [2.45, 2.75) is 6.92 Å². The number of halogens is 1. The Bertz CT molecular complexity index is 126. The zero-order valence-electron chi connectivity index (χ0n) is 4.85. The van der Waals surface area contributed by atoms with Gasteiger partial charge in [-0.05, 0) is 0 Å². The molecular formula is C4H6IN2O2. The van der Waals surface area contributed by atoms with Crippen LogP contribution in [0.15, 0.2) is 0 Å². The van der Waals surface area contributed by atoms with Crippen LogP contribution in [0.4, 0.5) is 0 Å². The van der Waals surface area contributed by atoms with Gasteiger partial charge in [-0.3, -0.25) is 9.59 Å². The largest absolute Gasteiger partial charge is 0.272 e. The van der Waals surface area contributed by atoms with Gasteiger partial charge in [-0.15, -0.1) is 5.43 Å². The summed E-state index contributed by atoms with van der Waals surface area (Å²) in [5.41, 5.74) is 5.21. The highest BCUT2D eigenvalue weighted by molar-refractivity contribution is 14.1. The predicted molar refractivity (Wildman–Crippen MR) is 39.8 cm³/mol. The number of hydrogen-bond donors (Lipinski definition) is 1. The van der Waals surface area contributed by atoms with Gasteiger partial charge in [-0.25, -0.2) is 5.43 Å². The molecule has 0 aromatic heterocycles. The van der Waals surface area contributed by atoms with E-state index in [4.69, 9.17) is 0 Å². The highest BCUT2D eigenvalue weighted by Gasteiger charge is 1.97. The Labute approximate surface area is 66.5 Å². The molecule has 5 heteroatoms. The average molecular weight is 241 g/mol. The number of nitrogens with one attached hydrogen (secondary N) is 1. The maximum absolute atomic E-state index is 10.4. The van der Waals surface area contributed by atoms with Gasteiger partial charge >= 0.3 is 0 Å². The van der Waals surface area contributed by atoms with E-state index in [1.807, 2.05) is 22.6 Å². The van der Waals surface area contributed by atoms with Crippen LogP contribution in [-0.4, -0.2) is 16.2 Å². The van der Waals surface area contributed by atoms with Crippen molar-refractivity contribution in [1.82, 2.24) is 10.9 Å². The fraction of sp³-hybridized carbons (Fsp3) is 0.500. The number of carbonyl (C=O) groups is 2. The van der Waals surface area contributed by atoms with E-state index < -0.39 is 5.91 Å². The number of rotatable bonds is 1. The lowest BCUT2D eigenvalue weighted by Gasteiger charge is -1.95. The minimum atomic E-state index is -0.395. The summed E-state index contributed by atoms with van der Waals surface area (Å²) in [5, 5.41) is 0. The van der Waals surface area contributed by atoms with Gasteiger partial charge in [0.05, 0.1) is 4.43 Å². The molecule has 51 valence electrons. The van der Waals surface area contributed by atoms with Gasteiger partial charge in [0, 0.05) is 6.92 Å². The topological polar surface area (TPSA) is 60.3 Å². The van der Waals surface area contributed by atoms with Gasteiger partial charge in [-0.1, -0.05) is 22.6 Å². The number of amides is 2. The zero-order valence-corrected chi connectivity index (χ0v) is 7.01. The van der Waals surface area contributed by atoms with Gasteiger partial charge in [0.1, 0.15) is 0 Å². The molecule has 1 N–H and O–H groups in total. The first-order valence-corrected chi connectivity index (χ1v) is 3.75. The molecule has 2 amide bonds. The van der Waals surface area contributed by atoms with Crippen molar-refractivity contribution < 1.29 is 9.59 Å². The van der Waals surface area contributed by atoms with Crippen molar-refractivity contribution in [2.24, 2.45) is 0 Å². The van der Waals surface area contributed by atoms with Crippen LogP contribution < -0.4 is 10.9 Å². The van der Waals surface area contributed by atoms with Crippen LogP contribution in [0.25, 0.3) is 0 Å². The van der Waals surface area contributed by atoms with Crippen LogP contribution in [0, 0.1) is 0 Å². The highest BCUT2D eigenvalue weighted by atomic mass is 127. The monoisotopic (exact) mass is 241 g/mol. The molecule has 0 aliphatic heterocycles. The van der Waals surface area contributed by atoms with Gasteiger partial charge in [0.2, 0.25) is 5.91 Å². The third-order valence-electron chi connectivity index (χ3n) is 0.459. The maximum atomic E-state index is 10.4. The Balaban J connectivity index is 3.28. The first-order chi connectivity index (χ1) is 4.16. The second-order valence-electron chi connectivity index (χ2n) is 1.30. The van der Waals surface area contributed by atoms with E-state index in [0.717, 1.165) is 0 Å². The highest BCUT2D eigenvalue weighted by Crippen LogP contribution is 1.77. The Morgan fingerprint density at radius 2 is 2.22 bits per heavy atom. The van der Waals surface area contributed by atoms with Gasteiger partial charge in [-0.2, -0.15) is 0 Å². The number of carbonyl (C=O) groups excluding carboxylic acids is 2. The number of alkyl halides is 1. The first kappa shape index (κ1) is 8.67. The second-order valence-corrected chi connectivity index (χ2v) is 2.06. The lowest BCUT2D eigenvalue weighted by atomic mass is 10.7. The van der Waals surface area contributed by atoms with E-state index in [2.05, 4.69) is 10.9 Å². The maximum Gasteiger partial charge on any atom is 0.259 e. The second kappa shape index (κ2) is 4.54. The minimum Gasteiger partial charge on any atom is -0.272 e. The van der Waals surface area contributed by atoms with Crippen LogP contribution in [0.1, 0.15) is 6.92 Å². The molecule has 0 unspecified atom stereocenters. The van der Waals surface area contributed by atoms with E-state index >= 15 is 0 Å². The van der Waals surface area contributed by atoms with Crippen LogP contribution in [-0.2, 0) is 9.59 Å². The molecule has 0 heterocycles. The van der Waals surface area contributed by atoms with Crippen molar-refractivity contribution in [1.29, 1.82) is 0 Å². The fourth-order valence-electron chi connectivity index (χ4n) is 0.171. The van der Waals surface area contributed by atoms with Crippen molar-refractivity contribution in [3.63, 3.8) is 0 Å². The first-order valence-electron chi connectivity index (χ1n) is 2.23. The summed E-state index contributed by atoms with van der Waals surface area (Å²) in [5.74, 6) is -0.654. The van der Waals surface area contributed by atoms with Gasteiger partial charge in [0.15, 0.2) is 0 Å². The number of nitrogens with zero attached hydrogens (tertiary/aromatic N) is 1. The lowest BCUT2D eigenvalue weighted by Crippen LogP contribution is -2.34. The van der Waals surface area contributed by atoms with E-state index in [0.29, 0.717) is 4.43 Å². The molecule has 0 spiro atoms. The fourth-order valence-corrected chi connectivity index (χ4v) is 0.342. The zero-order chi connectivity index (χ0) is 7.28. The third-order valence-corrected chi connectivity index (χ3v) is 1.15. The summed E-state index contributed by atoms with van der Waals surface area (Å²) in [4.78, 5) is 20.4. The molecule has 0 aliphatic rings. The molecule has 1 radical (unpaired) electrons. The van der Waals surface area contributed by atoms with E-state index in [1.165, 1.54) is 6.92 Å². The summed E-state index contributed by atoms with van der Waals surface area (Å²) in [6.45, 7) is 1.27. The standard InChI is InChI=1S/C4H6IN2O2/c1-3(8)6-7-4(9)2-5/h2H2,1H3,(H,7,9). The molecule has 0 rings (SSSR count). The summed E-state index contributed by atoms with van der Waals surface area (Å²) in [6, 6.07) is 0. The van der Waals surface area contributed by atoms with Crippen LogP contribution in [0.5, 0.6) is 0 Å². The van der Waals surface area contributed by atoms with Crippen molar-refractivity contribution >= 4 is 34.4 Å². The molecule has 0 fully saturated rings. The smallest absolute Gasteiger partial charge is 0.259 e. The third kappa shape index (κ3) is 5.54. The van der Waals surface area contributed by atoms with Crippen molar-refractivity contribution in [3.8, 4) is 0 Å². The molecular weight excluding hydrogens is 235 g/mol. The van der Waals surface area contributed by atoms with Crippen LogP contribution >= 0.6 is 22.6 Å². The van der Waals surface area contributed by atoms with Gasteiger partial charge < -0.3 is 0 Å². The van der Waals surface area contributed by atoms with E-state index in [1.54, 1.807) is 0 Å². The molecule has 0 saturated heterocycles. The van der Waals surface area contributed by atoms with E-state index in [9.17, 15) is 9.59 Å². The summed E-state index contributed by atoms with van der Waals surface area (Å²) in [6.07, 6.45) is 0. The Morgan fingerprint density at radius 3 is 2.56 bits per heavy atom. The quantitative estimate of drug-likeness (QED) is 0.386. The molecule has 0 aliphatic carbocycles. The molecule has 0 aromatic rings. The normalized spacial score (nSPS) is 8.22. The van der Waals surface area contributed by atoms with Crippen molar-refractivity contribution in [2.75, 3.05) is 4.43 Å². The van der Waals surface area contributed by atoms with E-state index in [-0.39, 0.29) is 5.91 Å². The molecule has 0 atom stereocenters. The van der Waals surface area contributed by atoms with Crippen molar-refractivity contribution in [3.05, 3.63) is 0 Å². The summed E-state index contributed by atoms with van der Waals surface area (Å²) >= 11 is 1.88. The minimum absolute atomic E-state index is 0.259. The molecule has 0 aromatic carbocycles.